The van der Waals surface area contributed by atoms with Gasteiger partial charge < -0.3 is 4.98 Å². The van der Waals surface area contributed by atoms with Crippen molar-refractivity contribution in [2.45, 2.75) is 0 Å². The van der Waals surface area contributed by atoms with Crippen LogP contribution in [-0.2, 0) is 0 Å². The standard InChI is InChI=1S/C38H24N4/c1-7-15-32-29-12-4-2-10-27(29)26(9-1)23-39-33-19-17-24(21-34(33)40-32)25-18-20-37-35(22-25)41-38-31-14-5-3-11-28(31)30-13-6-8-16-36(30)42(37)38/h1-23,39H/b9-1-,15-7-,26-23?,40-32?. The first-order valence-electron chi connectivity index (χ1n) is 14.2. The van der Waals surface area contributed by atoms with E-state index >= 15 is 0 Å². The number of rotatable bonds is 1. The highest BCUT2D eigenvalue weighted by Gasteiger charge is 2.14. The molecule has 0 aliphatic heterocycles. The van der Waals surface area contributed by atoms with Crippen LogP contribution in [0.2, 0.25) is 0 Å². The zero-order valence-electron chi connectivity index (χ0n) is 22.6. The Morgan fingerprint density at radius 2 is 1.21 bits per heavy atom. The number of benzene rings is 5. The van der Waals surface area contributed by atoms with Gasteiger partial charge in [-0.1, -0.05) is 97.1 Å². The van der Waals surface area contributed by atoms with Gasteiger partial charge in [0.05, 0.1) is 33.3 Å². The molecule has 0 spiro atoms. The highest BCUT2D eigenvalue weighted by Crippen LogP contribution is 2.34. The fraction of sp³-hybridized carbons (Fsp3) is 0. The van der Waals surface area contributed by atoms with E-state index in [2.05, 4.69) is 149 Å². The Hall–Kier alpha value is -5.74. The molecule has 2 bridgehead atoms. The predicted octanol–water partition coefficient (Wildman–Crippen LogP) is 9.65. The molecule has 0 unspecified atom stereocenters. The van der Waals surface area contributed by atoms with Crippen molar-refractivity contribution in [2.24, 2.45) is 0 Å². The van der Waals surface area contributed by atoms with E-state index in [1.807, 2.05) is 0 Å². The highest BCUT2D eigenvalue weighted by atomic mass is 15.0. The zero-order chi connectivity index (χ0) is 27.6. The fourth-order valence-electron chi connectivity index (χ4n) is 6.37. The van der Waals surface area contributed by atoms with Crippen LogP contribution in [0.3, 0.4) is 0 Å². The summed E-state index contributed by atoms with van der Waals surface area (Å²) in [7, 11) is 0. The molecule has 0 saturated carbocycles. The Morgan fingerprint density at radius 1 is 0.524 bits per heavy atom. The van der Waals surface area contributed by atoms with Gasteiger partial charge in [-0.05, 0) is 63.9 Å². The molecule has 5 aromatic carbocycles. The third kappa shape index (κ3) is 3.42. The summed E-state index contributed by atoms with van der Waals surface area (Å²) in [6, 6.07) is 38.6. The molecule has 0 atom stereocenters. The summed E-state index contributed by atoms with van der Waals surface area (Å²) in [5.41, 5.74) is 10.4. The smallest absolute Gasteiger partial charge is 0.146 e. The Bertz CT molecular complexity index is 2530. The second-order valence-electron chi connectivity index (χ2n) is 10.8. The number of H-pyrrole nitrogens is 1. The molecular weight excluding hydrogens is 512 g/mol. The number of hydrogen-bond donors (Lipinski definition) is 1. The van der Waals surface area contributed by atoms with Crippen molar-refractivity contribution in [1.82, 2.24) is 19.4 Å². The molecule has 1 N–H and O–H groups in total. The lowest BCUT2D eigenvalue weighted by Gasteiger charge is -2.08. The maximum Gasteiger partial charge on any atom is 0.146 e. The van der Waals surface area contributed by atoms with Crippen LogP contribution in [0.4, 0.5) is 0 Å². The Balaban J connectivity index is 1.29. The maximum atomic E-state index is 5.19. The number of imidazole rings is 1. The van der Waals surface area contributed by atoms with Crippen molar-refractivity contribution < 1.29 is 0 Å². The summed E-state index contributed by atoms with van der Waals surface area (Å²) >= 11 is 0. The summed E-state index contributed by atoms with van der Waals surface area (Å²) in [5.74, 6) is 0. The lowest BCUT2D eigenvalue weighted by atomic mass is 10.0. The summed E-state index contributed by atoms with van der Waals surface area (Å²) < 4.78 is 2.30. The van der Waals surface area contributed by atoms with E-state index < -0.39 is 0 Å². The molecule has 3 heterocycles. The molecular formula is C38H24N4. The predicted molar refractivity (Wildman–Crippen MR) is 176 cm³/mol. The molecule has 0 amide bonds. The van der Waals surface area contributed by atoms with E-state index in [0.29, 0.717) is 0 Å². The van der Waals surface area contributed by atoms with E-state index in [0.717, 1.165) is 66.3 Å². The lowest BCUT2D eigenvalue weighted by Crippen LogP contribution is -1.91. The summed E-state index contributed by atoms with van der Waals surface area (Å²) in [5, 5.41) is 5.90. The van der Waals surface area contributed by atoms with Crippen LogP contribution in [0, 0.1) is 0 Å². The monoisotopic (exact) mass is 536 g/mol. The molecule has 196 valence electrons. The molecule has 0 fully saturated rings. The van der Waals surface area contributed by atoms with Crippen molar-refractivity contribution in [1.29, 1.82) is 0 Å². The highest BCUT2D eigenvalue weighted by molar-refractivity contribution is 6.13. The van der Waals surface area contributed by atoms with Crippen LogP contribution in [0.15, 0.2) is 128 Å². The first-order chi connectivity index (χ1) is 20.8. The minimum atomic E-state index is 0.897. The van der Waals surface area contributed by atoms with E-state index in [9.17, 15) is 0 Å². The molecule has 0 radical (unpaired) electrons. The van der Waals surface area contributed by atoms with Crippen molar-refractivity contribution >= 4 is 72.3 Å². The zero-order valence-corrected chi connectivity index (χ0v) is 22.6. The van der Waals surface area contributed by atoms with Crippen LogP contribution < -0.4 is 0 Å². The van der Waals surface area contributed by atoms with Gasteiger partial charge in [0.1, 0.15) is 5.65 Å². The van der Waals surface area contributed by atoms with Crippen LogP contribution in [0.1, 0.15) is 11.3 Å². The van der Waals surface area contributed by atoms with Gasteiger partial charge in [0.2, 0.25) is 0 Å². The van der Waals surface area contributed by atoms with E-state index in [4.69, 9.17) is 9.97 Å². The van der Waals surface area contributed by atoms with Crippen LogP contribution in [0.25, 0.3) is 83.4 Å². The van der Waals surface area contributed by atoms with E-state index in [1.165, 1.54) is 16.3 Å². The summed E-state index contributed by atoms with van der Waals surface area (Å²) in [4.78, 5) is 13.9. The van der Waals surface area contributed by atoms with Gasteiger partial charge >= 0.3 is 0 Å². The number of allylic oxidation sites excluding steroid dienone is 2. The van der Waals surface area contributed by atoms with Crippen molar-refractivity contribution in [3.8, 4) is 11.1 Å². The number of nitrogens with zero attached hydrogens (tertiary/aromatic N) is 3. The third-order valence-corrected chi connectivity index (χ3v) is 8.37. The molecule has 1 aliphatic rings. The van der Waals surface area contributed by atoms with Crippen LogP contribution >= 0.6 is 0 Å². The third-order valence-electron chi connectivity index (χ3n) is 8.37. The fourth-order valence-corrected chi connectivity index (χ4v) is 6.37. The van der Waals surface area contributed by atoms with Gasteiger partial charge in [0.15, 0.2) is 0 Å². The molecule has 9 rings (SSSR count). The number of aromatic nitrogens is 4. The normalized spacial score (nSPS) is 14.1. The topological polar surface area (TPSA) is 46.0 Å². The first kappa shape index (κ1) is 23.0. The number of para-hydroxylation sites is 1. The Labute approximate surface area is 241 Å². The molecule has 8 aromatic rings. The van der Waals surface area contributed by atoms with Gasteiger partial charge in [-0.2, -0.15) is 0 Å². The maximum absolute atomic E-state index is 5.19. The largest absolute Gasteiger partial charge is 0.359 e. The number of aromatic amines is 1. The van der Waals surface area contributed by atoms with Crippen molar-refractivity contribution in [3.05, 3.63) is 139 Å². The van der Waals surface area contributed by atoms with Crippen LogP contribution in [0.5, 0.6) is 0 Å². The van der Waals surface area contributed by atoms with Gasteiger partial charge in [-0.3, -0.25) is 4.40 Å². The molecule has 0 saturated heterocycles. The van der Waals surface area contributed by atoms with Gasteiger partial charge in [0, 0.05) is 22.4 Å². The SMILES string of the molecule is C1=C\c2c[nH]c3ccc(-c4ccc5c(c4)nc4c6ccccc6c6ccccc6n54)cc3nc(c3ccccc23)\C=C/1. The van der Waals surface area contributed by atoms with Gasteiger partial charge in [-0.25, -0.2) is 9.97 Å². The summed E-state index contributed by atoms with van der Waals surface area (Å²) in [6.07, 6.45) is 10.4. The van der Waals surface area contributed by atoms with Crippen LogP contribution in [-0.4, -0.2) is 19.4 Å². The second kappa shape index (κ2) is 8.88. The van der Waals surface area contributed by atoms with Crippen molar-refractivity contribution in [2.75, 3.05) is 0 Å². The Morgan fingerprint density at radius 3 is 2.10 bits per heavy atom. The lowest BCUT2D eigenvalue weighted by molar-refractivity contribution is 1.31. The number of fused-ring (bicyclic) bond motifs is 9. The second-order valence-corrected chi connectivity index (χ2v) is 10.8. The first-order valence-corrected chi connectivity index (χ1v) is 14.2. The van der Waals surface area contributed by atoms with Gasteiger partial charge in [0.25, 0.3) is 0 Å². The quantitative estimate of drug-likeness (QED) is 0.212. The minimum Gasteiger partial charge on any atom is -0.359 e. The minimum absolute atomic E-state index is 0.897. The summed E-state index contributed by atoms with van der Waals surface area (Å²) in [6.45, 7) is 0. The Kier molecular flexibility index (Phi) is 4.87. The average Bonchev–Trinajstić information content (AvgIpc) is 3.43. The van der Waals surface area contributed by atoms with E-state index in [-0.39, 0.29) is 0 Å². The number of nitrogens with one attached hydrogen (secondary N) is 1. The number of hydrogen-bond acceptors (Lipinski definition) is 2. The molecule has 4 nitrogen and oxygen atoms in total. The van der Waals surface area contributed by atoms with Gasteiger partial charge in [-0.15, -0.1) is 0 Å². The number of pyridine rings is 1. The molecule has 4 heteroatoms. The molecule has 1 aliphatic carbocycles. The van der Waals surface area contributed by atoms with E-state index in [1.54, 1.807) is 0 Å². The molecule has 3 aromatic heterocycles. The molecule has 42 heavy (non-hydrogen) atoms. The van der Waals surface area contributed by atoms with Crippen molar-refractivity contribution in [3.63, 3.8) is 0 Å². The average molecular weight is 537 g/mol.